The molecule has 0 amide bonds. The Balaban J connectivity index is 2.54. The average Bonchev–Trinajstić information content (AvgIpc) is 2.29. The van der Waals surface area contributed by atoms with Crippen molar-refractivity contribution in [3.63, 3.8) is 0 Å². The molecule has 92 valence electrons. The topological polar surface area (TPSA) is 106 Å². The van der Waals surface area contributed by atoms with Gasteiger partial charge in [0.2, 0.25) is 0 Å². The monoisotopic (exact) mass is 239 g/mol. The van der Waals surface area contributed by atoms with Gasteiger partial charge in [-0.2, -0.15) is 0 Å². The Hall–Kier alpha value is -2.05. The minimum Gasteiger partial charge on any atom is -0.477 e. The lowest BCUT2D eigenvalue weighted by molar-refractivity contribution is 0.0690. The Labute approximate surface area is 96.1 Å². The fourth-order valence-corrected chi connectivity index (χ4v) is 2.05. The fourth-order valence-electron chi connectivity index (χ4n) is 2.05. The van der Waals surface area contributed by atoms with Gasteiger partial charge in [-0.15, -0.1) is 0 Å². The van der Waals surface area contributed by atoms with E-state index in [1.165, 1.54) is 0 Å². The lowest BCUT2D eigenvalue weighted by Crippen LogP contribution is -2.38. The molecule has 1 aromatic heterocycles. The highest BCUT2D eigenvalue weighted by molar-refractivity contribution is 5.91. The standard InChI is InChI=1S/C10H13N3O4/c14-8-7(13-4-2-1-3-5-13)6(9(15)16)11-10(17)12-8/h1-5H2,(H,15,16)(H2,11,12,14,17). The molecule has 1 aromatic rings. The van der Waals surface area contributed by atoms with E-state index in [0.717, 1.165) is 19.3 Å². The summed E-state index contributed by atoms with van der Waals surface area (Å²) in [6.45, 7) is 1.27. The first-order valence-corrected chi connectivity index (χ1v) is 5.44. The third kappa shape index (κ3) is 2.22. The van der Waals surface area contributed by atoms with Crippen LogP contribution in [-0.4, -0.2) is 34.1 Å². The number of aromatic carboxylic acids is 1. The predicted molar refractivity (Wildman–Crippen MR) is 60.7 cm³/mol. The smallest absolute Gasteiger partial charge is 0.354 e. The molecule has 0 radical (unpaired) electrons. The molecule has 0 unspecified atom stereocenters. The summed E-state index contributed by atoms with van der Waals surface area (Å²) in [5.74, 6) is -1.30. The number of aromatic amines is 2. The maximum atomic E-state index is 11.7. The summed E-state index contributed by atoms with van der Waals surface area (Å²) in [6, 6.07) is 0. The van der Waals surface area contributed by atoms with Crippen LogP contribution in [0.15, 0.2) is 9.59 Å². The number of nitrogens with zero attached hydrogens (tertiary/aromatic N) is 1. The number of hydrogen-bond acceptors (Lipinski definition) is 4. The van der Waals surface area contributed by atoms with Gasteiger partial charge in [-0.25, -0.2) is 9.59 Å². The van der Waals surface area contributed by atoms with Crippen LogP contribution in [0.2, 0.25) is 0 Å². The molecule has 0 atom stereocenters. The lowest BCUT2D eigenvalue weighted by Gasteiger charge is -2.28. The molecule has 2 rings (SSSR count). The third-order valence-corrected chi connectivity index (χ3v) is 2.80. The molecule has 1 saturated heterocycles. The molecular formula is C10H13N3O4. The van der Waals surface area contributed by atoms with E-state index < -0.39 is 17.2 Å². The highest BCUT2D eigenvalue weighted by atomic mass is 16.4. The van der Waals surface area contributed by atoms with Gasteiger partial charge in [0, 0.05) is 13.1 Å². The van der Waals surface area contributed by atoms with Gasteiger partial charge in [0.15, 0.2) is 5.69 Å². The highest BCUT2D eigenvalue weighted by Crippen LogP contribution is 2.17. The van der Waals surface area contributed by atoms with Crippen LogP contribution < -0.4 is 16.1 Å². The molecule has 7 heteroatoms. The number of aromatic nitrogens is 2. The van der Waals surface area contributed by atoms with E-state index in [9.17, 15) is 14.4 Å². The number of H-pyrrole nitrogens is 2. The van der Waals surface area contributed by atoms with Gasteiger partial charge in [0.25, 0.3) is 5.56 Å². The van der Waals surface area contributed by atoms with Crippen molar-refractivity contribution in [1.29, 1.82) is 0 Å². The van der Waals surface area contributed by atoms with Gasteiger partial charge < -0.3 is 10.0 Å². The van der Waals surface area contributed by atoms with Crippen molar-refractivity contribution >= 4 is 11.7 Å². The van der Waals surface area contributed by atoms with Gasteiger partial charge in [0.1, 0.15) is 5.69 Å². The minimum absolute atomic E-state index is 0.0526. The van der Waals surface area contributed by atoms with Crippen LogP contribution in [0.1, 0.15) is 29.8 Å². The van der Waals surface area contributed by atoms with Crippen LogP contribution in [0.3, 0.4) is 0 Å². The minimum atomic E-state index is -1.30. The second-order valence-corrected chi connectivity index (χ2v) is 3.98. The van der Waals surface area contributed by atoms with Crippen LogP contribution in [0, 0.1) is 0 Å². The summed E-state index contributed by atoms with van der Waals surface area (Å²) in [5, 5.41) is 9.00. The average molecular weight is 239 g/mol. The Morgan fingerprint density at radius 2 is 1.76 bits per heavy atom. The van der Waals surface area contributed by atoms with Crippen molar-refractivity contribution in [2.24, 2.45) is 0 Å². The van der Waals surface area contributed by atoms with E-state index in [4.69, 9.17) is 5.11 Å². The first kappa shape index (κ1) is 11.4. The van der Waals surface area contributed by atoms with Crippen molar-refractivity contribution in [1.82, 2.24) is 9.97 Å². The zero-order valence-corrected chi connectivity index (χ0v) is 9.15. The highest BCUT2D eigenvalue weighted by Gasteiger charge is 2.22. The normalized spacial score (nSPS) is 15.9. The van der Waals surface area contributed by atoms with E-state index in [1.54, 1.807) is 4.90 Å². The number of piperidine rings is 1. The Morgan fingerprint density at radius 1 is 1.12 bits per heavy atom. The van der Waals surface area contributed by atoms with E-state index in [0.29, 0.717) is 13.1 Å². The third-order valence-electron chi connectivity index (χ3n) is 2.80. The molecule has 0 saturated carbocycles. The van der Waals surface area contributed by atoms with Crippen molar-refractivity contribution in [2.75, 3.05) is 18.0 Å². The first-order valence-electron chi connectivity index (χ1n) is 5.44. The van der Waals surface area contributed by atoms with Crippen molar-refractivity contribution in [3.05, 3.63) is 26.5 Å². The molecule has 0 spiro atoms. The van der Waals surface area contributed by atoms with Crippen LogP contribution in [0.5, 0.6) is 0 Å². The fraction of sp³-hybridized carbons (Fsp3) is 0.500. The summed E-state index contributed by atoms with van der Waals surface area (Å²) in [6.07, 6.45) is 2.90. The Morgan fingerprint density at radius 3 is 2.35 bits per heavy atom. The molecule has 1 aliphatic rings. The van der Waals surface area contributed by atoms with Crippen molar-refractivity contribution in [2.45, 2.75) is 19.3 Å². The van der Waals surface area contributed by atoms with E-state index in [2.05, 4.69) is 9.97 Å². The van der Waals surface area contributed by atoms with E-state index >= 15 is 0 Å². The van der Waals surface area contributed by atoms with Gasteiger partial charge in [-0.1, -0.05) is 0 Å². The number of carboxylic acid groups (broad SMARTS) is 1. The maximum Gasteiger partial charge on any atom is 0.354 e. The van der Waals surface area contributed by atoms with Gasteiger partial charge in [0.05, 0.1) is 0 Å². The first-order chi connectivity index (χ1) is 8.09. The molecule has 17 heavy (non-hydrogen) atoms. The zero-order chi connectivity index (χ0) is 12.4. The number of carboxylic acids is 1. The summed E-state index contributed by atoms with van der Waals surface area (Å²) >= 11 is 0. The van der Waals surface area contributed by atoms with E-state index in [1.807, 2.05) is 0 Å². The molecule has 3 N–H and O–H groups in total. The van der Waals surface area contributed by atoms with Crippen molar-refractivity contribution < 1.29 is 9.90 Å². The SMILES string of the molecule is O=C(O)c1[nH]c(=O)[nH]c(=O)c1N1CCCCC1. The number of nitrogens with one attached hydrogen (secondary N) is 2. The van der Waals surface area contributed by atoms with Crippen LogP contribution in [-0.2, 0) is 0 Å². The largest absolute Gasteiger partial charge is 0.477 e. The van der Waals surface area contributed by atoms with Crippen LogP contribution in [0.25, 0.3) is 0 Å². The number of carbonyl (C=O) groups is 1. The van der Waals surface area contributed by atoms with Gasteiger partial charge in [-0.3, -0.25) is 14.8 Å². The molecule has 1 aliphatic heterocycles. The molecule has 0 bridgehead atoms. The van der Waals surface area contributed by atoms with Crippen LogP contribution >= 0.6 is 0 Å². The molecule has 2 heterocycles. The second kappa shape index (κ2) is 4.44. The zero-order valence-electron chi connectivity index (χ0n) is 9.15. The summed E-state index contributed by atoms with van der Waals surface area (Å²) < 4.78 is 0. The molecular weight excluding hydrogens is 226 g/mol. The van der Waals surface area contributed by atoms with Gasteiger partial charge in [-0.05, 0) is 19.3 Å². The number of anilines is 1. The van der Waals surface area contributed by atoms with Gasteiger partial charge >= 0.3 is 11.7 Å². The summed E-state index contributed by atoms with van der Waals surface area (Å²) in [5.41, 5.74) is -1.72. The summed E-state index contributed by atoms with van der Waals surface area (Å²) in [4.78, 5) is 39.7. The second-order valence-electron chi connectivity index (χ2n) is 3.98. The van der Waals surface area contributed by atoms with Crippen molar-refractivity contribution in [3.8, 4) is 0 Å². The predicted octanol–water partition coefficient (Wildman–Crippen LogP) is -0.248. The molecule has 0 aromatic carbocycles. The molecule has 7 nitrogen and oxygen atoms in total. The quantitative estimate of drug-likeness (QED) is 0.660. The molecule has 0 aliphatic carbocycles. The Bertz CT molecular complexity index is 539. The van der Waals surface area contributed by atoms with Crippen LogP contribution in [0.4, 0.5) is 5.69 Å². The summed E-state index contributed by atoms with van der Waals surface area (Å²) in [7, 11) is 0. The Kier molecular flexibility index (Phi) is 2.99. The number of hydrogen-bond donors (Lipinski definition) is 3. The lowest BCUT2D eigenvalue weighted by atomic mass is 10.1. The number of rotatable bonds is 2. The van der Waals surface area contributed by atoms with E-state index in [-0.39, 0.29) is 11.4 Å². The molecule has 1 fully saturated rings. The maximum absolute atomic E-state index is 11.7.